The van der Waals surface area contributed by atoms with Gasteiger partial charge in [0.15, 0.2) is 0 Å². The number of hydroxylamine groups is 2. The Balaban J connectivity index is 2.13. The standard InChI is InChI=1S/C13H11BrN2O2S2/c1-8(16(18)13(15)17)2-3-9-4-5-10(19-9)11-6-7-12(14)20-11/h4-8,18H,1H3,(H2,15,17). The van der Waals surface area contributed by atoms with Crippen molar-refractivity contribution < 1.29 is 10.0 Å². The third-order valence-electron chi connectivity index (χ3n) is 2.42. The van der Waals surface area contributed by atoms with Gasteiger partial charge in [-0.1, -0.05) is 11.8 Å². The molecule has 4 nitrogen and oxygen atoms in total. The van der Waals surface area contributed by atoms with Crippen molar-refractivity contribution in [2.45, 2.75) is 13.0 Å². The number of nitrogens with zero attached hydrogens (tertiary/aromatic N) is 1. The van der Waals surface area contributed by atoms with Gasteiger partial charge in [0.1, 0.15) is 6.04 Å². The second-order valence-corrected chi connectivity index (χ2v) is 7.44. The minimum Gasteiger partial charge on any atom is -0.350 e. The van der Waals surface area contributed by atoms with E-state index >= 15 is 0 Å². The van der Waals surface area contributed by atoms with Crippen LogP contribution in [0.1, 0.15) is 11.8 Å². The van der Waals surface area contributed by atoms with Gasteiger partial charge < -0.3 is 5.73 Å². The van der Waals surface area contributed by atoms with Crippen LogP contribution < -0.4 is 5.73 Å². The first-order valence-corrected chi connectivity index (χ1v) is 8.04. The topological polar surface area (TPSA) is 66.6 Å². The molecule has 0 bridgehead atoms. The minimum absolute atomic E-state index is 0.415. The maximum absolute atomic E-state index is 10.8. The Morgan fingerprint density at radius 1 is 1.35 bits per heavy atom. The summed E-state index contributed by atoms with van der Waals surface area (Å²) in [5.74, 6) is 5.71. The fraction of sp³-hybridized carbons (Fsp3) is 0.154. The summed E-state index contributed by atoms with van der Waals surface area (Å²) < 4.78 is 1.08. The lowest BCUT2D eigenvalue weighted by Crippen LogP contribution is -2.38. The molecule has 2 aromatic rings. The maximum atomic E-state index is 10.8. The minimum atomic E-state index is -0.915. The van der Waals surface area contributed by atoms with Crippen LogP contribution >= 0.6 is 38.6 Å². The highest BCUT2D eigenvalue weighted by Crippen LogP contribution is 2.35. The lowest BCUT2D eigenvalue weighted by molar-refractivity contribution is -0.0536. The summed E-state index contributed by atoms with van der Waals surface area (Å²) in [6.45, 7) is 1.60. The van der Waals surface area contributed by atoms with E-state index in [0.29, 0.717) is 5.06 Å². The molecular weight excluding hydrogens is 360 g/mol. The second-order valence-electron chi connectivity index (χ2n) is 3.90. The fourth-order valence-electron chi connectivity index (χ4n) is 1.41. The zero-order chi connectivity index (χ0) is 14.7. The van der Waals surface area contributed by atoms with Gasteiger partial charge in [-0.25, -0.2) is 4.79 Å². The second kappa shape index (κ2) is 6.41. The van der Waals surface area contributed by atoms with Crippen molar-refractivity contribution in [1.82, 2.24) is 5.06 Å². The van der Waals surface area contributed by atoms with E-state index in [2.05, 4.69) is 27.8 Å². The highest BCUT2D eigenvalue weighted by atomic mass is 79.9. The van der Waals surface area contributed by atoms with Gasteiger partial charge in [0.25, 0.3) is 0 Å². The largest absolute Gasteiger partial charge is 0.350 e. The summed E-state index contributed by atoms with van der Waals surface area (Å²) in [4.78, 5) is 13.9. The number of halogens is 1. The Morgan fingerprint density at radius 3 is 2.60 bits per heavy atom. The normalized spacial score (nSPS) is 11.6. The van der Waals surface area contributed by atoms with E-state index in [0.717, 1.165) is 13.5 Å². The summed E-state index contributed by atoms with van der Waals surface area (Å²) in [6, 6.07) is 6.41. The predicted octanol–water partition coefficient (Wildman–Crippen LogP) is 3.75. The first-order valence-electron chi connectivity index (χ1n) is 5.62. The molecule has 2 amide bonds. The van der Waals surface area contributed by atoms with E-state index in [1.165, 1.54) is 4.88 Å². The number of amides is 2. The van der Waals surface area contributed by atoms with Crippen molar-refractivity contribution in [3.05, 3.63) is 32.9 Å². The molecule has 1 atom stereocenters. The van der Waals surface area contributed by atoms with Crippen molar-refractivity contribution in [2.24, 2.45) is 5.73 Å². The molecule has 104 valence electrons. The number of nitrogens with two attached hydrogens (primary N) is 1. The first-order chi connectivity index (χ1) is 9.47. The van der Waals surface area contributed by atoms with Gasteiger partial charge >= 0.3 is 6.03 Å². The van der Waals surface area contributed by atoms with Crippen LogP contribution in [0.2, 0.25) is 0 Å². The smallest absolute Gasteiger partial charge is 0.339 e. The summed E-state index contributed by atoms with van der Waals surface area (Å²) in [5, 5.41) is 9.73. The Bertz CT molecular complexity index is 684. The van der Waals surface area contributed by atoms with Crippen LogP contribution in [-0.4, -0.2) is 22.3 Å². The lowest BCUT2D eigenvalue weighted by Gasteiger charge is -2.14. The molecule has 0 aliphatic heterocycles. The van der Waals surface area contributed by atoms with E-state index in [1.807, 2.05) is 24.3 Å². The van der Waals surface area contributed by atoms with E-state index in [-0.39, 0.29) is 0 Å². The van der Waals surface area contributed by atoms with Crippen molar-refractivity contribution in [3.8, 4) is 21.6 Å². The zero-order valence-corrected chi connectivity index (χ0v) is 13.7. The molecule has 0 fully saturated rings. The molecule has 0 aliphatic carbocycles. The molecule has 1 unspecified atom stereocenters. The summed E-state index contributed by atoms with van der Waals surface area (Å²) in [7, 11) is 0. The number of urea groups is 1. The van der Waals surface area contributed by atoms with E-state index in [4.69, 9.17) is 5.73 Å². The number of thiophene rings is 2. The van der Waals surface area contributed by atoms with Gasteiger partial charge in [-0.15, -0.1) is 22.7 Å². The Hall–Kier alpha value is -1.33. The van der Waals surface area contributed by atoms with Crippen LogP contribution in [-0.2, 0) is 0 Å². The zero-order valence-electron chi connectivity index (χ0n) is 10.5. The lowest BCUT2D eigenvalue weighted by atomic mass is 10.3. The van der Waals surface area contributed by atoms with Crippen LogP contribution in [0.5, 0.6) is 0 Å². The number of hydrogen-bond donors (Lipinski definition) is 2. The highest BCUT2D eigenvalue weighted by Gasteiger charge is 2.12. The quantitative estimate of drug-likeness (QED) is 0.480. The number of hydrogen-bond acceptors (Lipinski definition) is 4. The van der Waals surface area contributed by atoms with Crippen LogP contribution in [0.25, 0.3) is 9.75 Å². The highest BCUT2D eigenvalue weighted by molar-refractivity contribution is 9.11. The molecule has 0 aromatic carbocycles. The molecule has 2 heterocycles. The Morgan fingerprint density at radius 2 is 2.00 bits per heavy atom. The number of primary amides is 1. The third kappa shape index (κ3) is 3.61. The van der Waals surface area contributed by atoms with Gasteiger partial charge in [0.05, 0.1) is 8.66 Å². The molecule has 7 heteroatoms. The molecule has 2 aromatic heterocycles. The Kier molecular flexibility index (Phi) is 4.83. The Labute approximate surface area is 132 Å². The van der Waals surface area contributed by atoms with Crippen LogP contribution in [0.15, 0.2) is 28.1 Å². The molecule has 0 spiro atoms. The molecule has 3 N–H and O–H groups in total. The van der Waals surface area contributed by atoms with Crippen molar-refractivity contribution in [2.75, 3.05) is 0 Å². The van der Waals surface area contributed by atoms with Crippen molar-refractivity contribution in [3.63, 3.8) is 0 Å². The summed E-state index contributed by atoms with van der Waals surface area (Å²) in [6.07, 6.45) is 0. The van der Waals surface area contributed by atoms with E-state index < -0.39 is 12.1 Å². The predicted molar refractivity (Wildman–Crippen MR) is 84.9 cm³/mol. The van der Waals surface area contributed by atoms with Gasteiger partial charge in [-0.2, -0.15) is 5.06 Å². The monoisotopic (exact) mass is 370 g/mol. The molecule has 0 saturated carbocycles. The molecular formula is C13H11BrN2O2S2. The first kappa shape index (κ1) is 15.1. The fourth-order valence-corrected chi connectivity index (χ4v) is 3.76. The molecule has 0 radical (unpaired) electrons. The van der Waals surface area contributed by atoms with Crippen LogP contribution in [0, 0.1) is 11.8 Å². The van der Waals surface area contributed by atoms with Crippen LogP contribution in [0.3, 0.4) is 0 Å². The van der Waals surface area contributed by atoms with Crippen molar-refractivity contribution >= 4 is 44.6 Å². The average Bonchev–Trinajstić information content (AvgIpc) is 3.03. The van der Waals surface area contributed by atoms with Crippen molar-refractivity contribution in [1.29, 1.82) is 0 Å². The summed E-state index contributed by atoms with van der Waals surface area (Å²) in [5.41, 5.74) is 4.96. The maximum Gasteiger partial charge on any atom is 0.339 e. The molecule has 2 rings (SSSR count). The molecule has 0 aliphatic rings. The number of carbonyl (C=O) groups excluding carboxylic acids is 1. The van der Waals surface area contributed by atoms with E-state index in [9.17, 15) is 10.0 Å². The number of carbonyl (C=O) groups is 1. The van der Waals surface area contributed by atoms with Gasteiger partial charge in [-0.05, 0) is 47.1 Å². The summed E-state index contributed by atoms with van der Waals surface area (Å²) >= 11 is 6.65. The average molecular weight is 371 g/mol. The molecule has 0 saturated heterocycles. The number of rotatable bonds is 2. The van der Waals surface area contributed by atoms with E-state index in [1.54, 1.807) is 29.6 Å². The molecule has 20 heavy (non-hydrogen) atoms. The van der Waals surface area contributed by atoms with Gasteiger partial charge in [0.2, 0.25) is 0 Å². The third-order valence-corrected chi connectivity index (χ3v) is 5.24. The van der Waals surface area contributed by atoms with Gasteiger partial charge in [0, 0.05) is 9.75 Å². The van der Waals surface area contributed by atoms with Gasteiger partial charge in [-0.3, -0.25) is 5.21 Å². The SMILES string of the molecule is CC(C#Cc1ccc(-c2ccc(Br)s2)s1)N(O)C(N)=O. The van der Waals surface area contributed by atoms with Crippen LogP contribution in [0.4, 0.5) is 4.79 Å².